The van der Waals surface area contributed by atoms with Gasteiger partial charge in [0.05, 0.1) is 11.5 Å². The molecule has 2 aromatic rings. The molecular formula is C30H42N2O3. The van der Waals surface area contributed by atoms with Gasteiger partial charge in [-0.15, -0.1) is 0 Å². The van der Waals surface area contributed by atoms with E-state index in [9.17, 15) is 14.7 Å². The number of carboxylic acid groups (broad SMARTS) is 1. The third kappa shape index (κ3) is 6.87. The first-order valence-electron chi connectivity index (χ1n) is 12.9. The summed E-state index contributed by atoms with van der Waals surface area (Å²) in [5, 5.41) is 9.35. The maximum Gasteiger partial charge on any atom is 0.320 e. The van der Waals surface area contributed by atoms with Crippen molar-refractivity contribution in [1.82, 2.24) is 9.80 Å². The molecule has 0 spiro atoms. The summed E-state index contributed by atoms with van der Waals surface area (Å²) < 4.78 is 0. The first kappa shape index (κ1) is 26.8. The second-order valence-electron chi connectivity index (χ2n) is 11.6. The second-order valence-corrected chi connectivity index (χ2v) is 11.6. The van der Waals surface area contributed by atoms with Crippen molar-refractivity contribution in [3.63, 3.8) is 0 Å². The van der Waals surface area contributed by atoms with Crippen LogP contribution >= 0.6 is 0 Å². The summed E-state index contributed by atoms with van der Waals surface area (Å²) in [5.74, 6) is -0.774. The van der Waals surface area contributed by atoms with E-state index in [-0.39, 0.29) is 17.5 Å². The number of carbonyl (C=O) groups excluding carboxylic acids is 1. The quantitative estimate of drug-likeness (QED) is 0.437. The number of aryl methyl sites for hydroxylation is 1. The molecule has 190 valence electrons. The molecule has 2 aromatic carbocycles. The molecule has 3 rings (SSSR count). The van der Waals surface area contributed by atoms with Crippen molar-refractivity contribution in [3.8, 4) is 0 Å². The molecule has 1 heterocycles. The first-order valence-corrected chi connectivity index (χ1v) is 12.9. The van der Waals surface area contributed by atoms with Crippen LogP contribution in [0.1, 0.15) is 76.6 Å². The van der Waals surface area contributed by atoms with Crippen molar-refractivity contribution < 1.29 is 14.7 Å². The van der Waals surface area contributed by atoms with E-state index in [0.29, 0.717) is 13.0 Å². The Morgan fingerprint density at radius 3 is 2.06 bits per heavy atom. The molecule has 1 atom stereocenters. The predicted molar refractivity (Wildman–Crippen MR) is 142 cm³/mol. The highest BCUT2D eigenvalue weighted by Crippen LogP contribution is 2.26. The number of rotatable bonds is 10. The van der Waals surface area contributed by atoms with E-state index in [1.54, 1.807) is 13.8 Å². The van der Waals surface area contributed by atoms with Crippen LogP contribution in [0, 0.1) is 5.41 Å². The molecule has 0 aliphatic carbocycles. The minimum atomic E-state index is -0.774. The Hall–Kier alpha value is -2.82. The van der Waals surface area contributed by atoms with Crippen LogP contribution in [0.25, 0.3) is 0 Å². The summed E-state index contributed by atoms with van der Waals surface area (Å²) >= 11 is 0. The van der Waals surface area contributed by atoms with Gasteiger partial charge in [-0.05, 0) is 74.1 Å². The predicted octanol–water partition coefficient (Wildman–Crippen LogP) is 6.29. The SMILES string of the molecule is CCN1C(=O)N(Cc2ccc(C(C)(C)C)cc2)CC1CCCc1ccc(CC(C)(C)C(=O)O)cc1. The Morgan fingerprint density at radius 2 is 1.51 bits per heavy atom. The van der Waals surface area contributed by atoms with E-state index >= 15 is 0 Å². The minimum absolute atomic E-state index is 0.126. The molecule has 1 saturated heterocycles. The Balaban J connectivity index is 1.53. The summed E-state index contributed by atoms with van der Waals surface area (Å²) in [5.41, 5.74) is 4.15. The molecule has 0 aromatic heterocycles. The van der Waals surface area contributed by atoms with E-state index in [4.69, 9.17) is 0 Å². The Labute approximate surface area is 211 Å². The third-order valence-electron chi connectivity index (χ3n) is 7.17. The fourth-order valence-electron chi connectivity index (χ4n) is 4.82. The summed E-state index contributed by atoms with van der Waals surface area (Å²) in [6, 6.07) is 17.4. The molecule has 1 aliphatic rings. The number of carboxylic acids is 1. The highest BCUT2D eigenvalue weighted by Gasteiger charge is 2.35. The van der Waals surface area contributed by atoms with Gasteiger partial charge in [0.1, 0.15) is 0 Å². The van der Waals surface area contributed by atoms with Gasteiger partial charge in [0.25, 0.3) is 0 Å². The number of aliphatic carboxylic acids is 1. The lowest BCUT2D eigenvalue weighted by Gasteiger charge is -2.21. The lowest BCUT2D eigenvalue weighted by Crippen LogP contribution is -2.34. The van der Waals surface area contributed by atoms with Gasteiger partial charge in [0.2, 0.25) is 0 Å². The lowest BCUT2D eigenvalue weighted by atomic mass is 9.85. The van der Waals surface area contributed by atoms with E-state index in [0.717, 1.165) is 37.9 Å². The van der Waals surface area contributed by atoms with Crippen molar-refractivity contribution in [3.05, 3.63) is 70.8 Å². The smallest absolute Gasteiger partial charge is 0.320 e. The molecule has 1 aliphatic heterocycles. The molecule has 35 heavy (non-hydrogen) atoms. The molecule has 5 nitrogen and oxygen atoms in total. The van der Waals surface area contributed by atoms with Crippen molar-refractivity contribution in [2.75, 3.05) is 13.1 Å². The Kier molecular flexibility index (Phi) is 8.30. The zero-order chi connectivity index (χ0) is 25.8. The van der Waals surface area contributed by atoms with E-state index in [2.05, 4.69) is 64.1 Å². The monoisotopic (exact) mass is 478 g/mol. The van der Waals surface area contributed by atoms with Crippen molar-refractivity contribution in [1.29, 1.82) is 0 Å². The van der Waals surface area contributed by atoms with Gasteiger partial charge in [-0.3, -0.25) is 4.79 Å². The topological polar surface area (TPSA) is 60.9 Å². The molecule has 0 bridgehead atoms. The molecule has 2 amide bonds. The van der Waals surface area contributed by atoms with E-state index in [1.807, 2.05) is 21.9 Å². The summed E-state index contributed by atoms with van der Waals surface area (Å²) in [6.45, 7) is 14.4. The van der Waals surface area contributed by atoms with Crippen LogP contribution in [-0.2, 0) is 29.6 Å². The number of nitrogens with zero attached hydrogens (tertiary/aromatic N) is 2. The summed E-state index contributed by atoms with van der Waals surface area (Å²) in [6.07, 6.45) is 3.47. The van der Waals surface area contributed by atoms with Gasteiger partial charge in [-0.25, -0.2) is 4.79 Å². The fourth-order valence-corrected chi connectivity index (χ4v) is 4.82. The van der Waals surface area contributed by atoms with Gasteiger partial charge >= 0.3 is 12.0 Å². The van der Waals surface area contributed by atoms with Crippen molar-refractivity contribution in [2.45, 2.75) is 85.2 Å². The van der Waals surface area contributed by atoms with Crippen LogP contribution in [0.3, 0.4) is 0 Å². The molecule has 0 saturated carbocycles. The van der Waals surface area contributed by atoms with E-state index < -0.39 is 11.4 Å². The van der Waals surface area contributed by atoms with Crippen LogP contribution in [0.2, 0.25) is 0 Å². The average Bonchev–Trinajstić information content (AvgIpc) is 3.08. The van der Waals surface area contributed by atoms with Crippen LogP contribution in [0.4, 0.5) is 4.79 Å². The highest BCUT2D eigenvalue weighted by atomic mass is 16.4. The number of likely N-dealkylation sites (N-methyl/N-ethyl adjacent to an activating group) is 1. The second kappa shape index (κ2) is 10.8. The Morgan fingerprint density at radius 1 is 0.943 bits per heavy atom. The maximum absolute atomic E-state index is 13.0. The van der Waals surface area contributed by atoms with Crippen LogP contribution in [0.15, 0.2) is 48.5 Å². The van der Waals surface area contributed by atoms with Crippen LogP contribution in [-0.4, -0.2) is 46.0 Å². The molecule has 0 radical (unpaired) electrons. The molecule has 1 N–H and O–H groups in total. The average molecular weight is 479 g/mol. The minimum Gasteiger partial charge on any atom is -0.481 e. The molecule has 5 heteroatoms. The van der Waals surface area contributed by atoms with Crippen molar-refractivity contribution >= 4 is 12.0 Å². The molecule has 1 fully saturated rings. The number of hydrogen-bond donors (Lipinski definition) is 1. The normalized spacial score (nSPS) is 16.7. The number of amides is 2. The molecular weight excluding hydrogens is 436 g/mol. The van der Waals surface area contributed by atoms with Gasteiger partial charge in [-0.1, -0.05) is 69.3 Å². The number of hydrogen-bond acceptors (Lipinski definition) is 2. The third-order valence-corrected chi connectivity index (χ3v) is 7.17. The van der Waals surface area contributed by atoms with Crippen molar-refractivity contribution in [2.24, 2.45) is 5.41 Å². The number of benzene rings is 2. The lowest BCUT2D eigenvalue weighted by molar-refractivity contribution is -0.146. The number of urea groups is 1. The number of carbonyl (C=O) groups is 2. The van der Waals surface area contributed by atoms with Crippen LogP contribution in [0.5, 0.6) is 0 Å². The standard InChI is InChI=1S/C30H42N2O3/c1-7-32-26(10-8-9-22-11-13-23(14-12-22)19-30(5,6)27(33)34)21-31(28(32)35)20-24-15-17-25(18-16-24)29(2,3)4/h11-18,26H,7-10,19-21H2,1-6H3,(H,33,34). The van der Waals surface area contributed by atoms with E-state index in [1.165, 1.54) is 16.7 Å². The zero-order valence-corrected chi connectivity index (χ0v) is 22.3. The summed E-state index contributed by atoms with van der Waals surface area (Å²) in [7, 11) is 0. The van der Waals surface area contributed by atoms with Gasteiger partial charge in [-0.2, -0.15) is 0 Å². The maximum atomic E-state index is 13.0. The van der Waals surface area contributed by atoms with Gasteiger partial charge < -0.3 is 14.9 Å². The fraction of sp³-hybridized carbons (Fsp3) is 0.533. The molecule has 1 unspecified atom stereocenters. The van der Waals surface area contributed by atoms with Gasteiger partial charge in [0, 0.05) is 19.6 Å². The Bertz CT molecular complexity index is 1000. The largest absolute Gasteiger partial charge is 0.481 e. The van der Waals surface area contributed by atoms with Gasteiger partial charge in [0.15, 0.2) is 0 Å². The first-order chi connectivity index (χ1) is 16.4. The summed E-state index contributed by atoms with van der Waals surface area (Å²) in [4.78, 5) is 28.4. The highest BCUT2D eigenvalue weighted by molar-refractivity contribution is 5.77. The zero-order valence-electron chi connectivity index (χ0n) is 22.3. The van der Waals surface area contributed by atoms with Crippen LogP contribution < -0.4 is 0 Å².